The van der Waals surface area contributed by atoms with Gasteiger partial charge in [0.15, 0.2) is 6.29 Å². The molecule has 0 N–H and O–H groups in total. The normalized spacial score (nSPS) is 11.1. The fraction of sp³-hybridized carbons (Fsp3) is 0.500. The third kappa shape index (κ3) is 4.30. The Bertz CT molecular complexity index is 323. The molecule has 90 valence electrons. The van der Waals surface area contributed by atoms with Crippen molar-refractivity contribution in [1.29, 1.82) is 0 Å². The summed E-state index contributed by atoms with van der Waals surface area (Å²) >= 11 is 11.8. The highest BCUT2D eigenvalue weighted by atomic mass is 35.5. The third-order valence-electron chi connectivity index (χ3n) is 2.09. The summed E-state index contributed by atoms with van der Waals surface area (Å²) in [5, 5.41) is 1.13. The summed E-state index contributed by atoms with van der Waals surface area (Å²) in [5.41, 5.74) is 1.06. The van der Waals surface area contributed by atoms with Crippen molar-refractivity contribution in [2.45, 2.75) is 26.6 Å². The van der Waals surface area contributed by atoms with E-state index in [1.165, 1.54) is 0 Å². The van der Waals surface area contributed by atoms with Crippen LogP contribution in [0.3, 0.4) is 0 Å². The summed E-state index contributed by atoms with van der Waals surface area (Å²) in [6.07, 6.45) is 0.464. The van der Waals surface area contributed by atoms with Crippen molar-refractivity contribution >= 4 is 23.2 Å². The van der Waals surface area contributed by atoms with E-state index in [1.807, 2.05) is 26.0 Å². The van der Waals surface area contributed by atoms with E-state index in [2.05, 4.69) is 0 Å². The van der Waals surface area contributed by atoms with E-state index in [1.54, 1.807) is 6.07 Å². The Kier molecular flexibility index (Phi) is 6.14. The summed E-state index contributed by atoms with van der Waals surface area (Å²) < 4.78 is 10.9. The zero-order valence-electron chi connectivity index (χ0n) is 9.50. The second kappa shape index (κ2) is 7.13. The van der Waals surface area contributed by atoms with Gasteiger partial charge in [-0.1, -0.05) is 29.3 Å². The van der Waals surface area contributed by atoms with Gasteiger partial charge in [-0.2, -0.15) is 0 Å². The highest BCUT2D eigenvalue weighted by Crippen LogP contribution is 2.23. The average Bonchev–Trinajstić information content (AvgIpc) is 2.24. The molecule has 0 heterocycles. The van der Waals surface area contributed by atoms with Crippen LogP contribution in [-0.2, 0) is 15.9 Å². The van der Waals surface area contributed by atoms with Crippen molar-refractivity contribution in [1.82, 2.24) is 0 Å². The molecule has 0 amide bonds. The largest absolute Gasteiger partial charge is 0.353 e. The lowest BCUT2D eigenvalue weighted by Gasteiger charge is -2.17. The Morgan fingerprint density at radius 2 is 1.69 bits per heavy atom. The van der Waals surface area contributed by atoms with Crippen LogP contribution in [0.15, 0.2) is 18.2 Å². The molecule has 0 radical (unpaired) electrons. The lowest BCUT2D eigenvalue weighted by molar-refractivity contribution is -0.134. The fourth-order valence-corrected chi connectivity index (χ4v) is 1.72. The van der Waals surface area contributed by atoms with Crippen molar-refractivity contribution in [3.05, 3.63) is 33.8 Å². The maximum Gasteiger partial charge on any atom is 0.161 e. The van der Waals surface area contributed by atoms with Crippen molar-refractivity contribution in [2.24, 2.45) is 0 Å². The monoisotopic (exact) mass is 262 g/mol. The first kappa shape index (κ1) is 13.8. The second-order valence-corrected chi connectivity index (χ2v) is 4.11. The molecule has 0 aromatic heterocycles. The zero-order chi connectivity index (χ0) is 12.0. The smallest absolute Gasteiger partial charge is 0.161 e. The molecule has 0 unspecified atom stereocenters. The number of halogens is 2. The van der Waals surface area contributed by atoms with E-state index in [9.17, 15) is 0 Å². The Morgan fingerprint density at radius 3 is 2.19 bits per heavy atom. The van der Waals surface area contributed by atoms with Gasteiger partial charge < -0.3 is 9.47 Å². The van der Waals surface area contributed by atoms with Gasteiger partial charge in [-0.05, 0) is 31.5 Å². The molecular weight excluding hydrogens is 247 g/mol. The molecule has 1 aromatic carbocycles. The average molecular weight is 263 g/mol. The number of ether oxygens (including phenoxy) is 2. The molecule has 2 nitrogen and oxygen atoms in total. The lowest BCUT2D eigenvalue weighted by atomic mass is 10.1. The van der Waals surface area contributed by atoms with E-state index in [-0.39, 0.29) is 6.29 Å². The predicted octanol–water partition coefficient (Wildman–Crippen LogP) is 3.94. The summed E-state index contributed by atoms with van der Waals surface area (Å²) in [6, 6.07) is 5.56. The molecular formula is C12H16Cl2O2. The predicted molar refractivity (Wildman–Crippen MR) is 67.2 cm³/mol. The van der Waals surface area contributed by atoms with Gasteiger partial charge >= 0.3 is 0 Å². The highest BCUT2D eigenvalue weighted by Gasteiger charge is 2.10. The molecule has 0 aliphatic carbocycles. The first-order valence-electron chi connectivity index (χ1n) is 5.34. The molecule has 0 spiro atoms. The topological polar surface area (TPSA) is 18.5 Å². The highest BCUT2D eigenvalue weighted by molar-refractivity contribution is 6.42. The van der Waals surface area contributed by atoms with Gasteiger partial charge in [-0.15, -0.1) is 0 Å². The summed E-state index contributed by atoms with van der Waals surface area (Å²) in [4.78, 5) is 0. The molecule has 0 saturated heterocycles. The van der Waals surface area contributed by atoms with Crippen LogP contribution in [0.5, 0.6) is 0 Å². The molecule has 0 aliphatic heterocycles. The van der Waals surface area contributed by atoms with E-state index >= 15 is 0 Å². The Labute approximate surface area is 106 Å². The molecule has 0 aliphatic rings. The van der Waals surface area contributed by atoms with Gasteiger partial charge in [0.2, 0.25) is 0 Å². The summed E-state index contributed by atoms with van der Waals surface area (Å²) in [5.74, 6) is 0. The molecule has 0 fully saturated rings. The maximum absolute atomic E-state index is 5.94. The van der Waals surface area contributed by atoms with Crippen LogP contribution in [-0.4, -0.2) is 19.5 Å². The molecule has 1 rings (SSSR count). The Hall–Kier alpha value is -0.280. The minimum atomic E-state index is -0.216. The van der Waals surface area contributed by atoms with Gasteiger partial charge in [0.05, 0.1) is 10.0 Å². The van der Waals surface area contributed by atoms with Crippen LogP contribution in [0.2, 0.25) is 10.0 Å². The standard InChI is InChI=1S/C12H16Cl2O2/c1-3-15-12(16-4-2)8-9-5-6-10(13)11(14)7-9/h5-7,12H,3-4,8H2,1-2H3. The van der Waals surface area contributed by atoms with E-state index in [0.717, 1.165) is 5.56 Å². The van der Waals surface area contributed by atoms with Crippen LogP contribution in [0.1, 0.15) is 19.4 Å². The van der Waals surface area contributed by atoms with Crippen molar-refractivity contribution < 1.29 is 9.47 Å². The summed E-state index contributed by atoms with van der Waals surface area (Å²) in [7, 11) is 0. The van der Waals surface area contributed by atoms with Crippen molar-refractivity contribution in [3.8, 4) is 0 Å². The van der Waals surface area contributed by atoms with Crippen LogP contribution >= 0.6 is 23.2 Å². The molecule has 1 aromatic rings. The first-order chi connectivity index (χ1) is 7.67. The molecule has 4 heteroatoms. The lowest BCUT2D eigenvalue weighted by Crippen LogP contribution is -2.20. The number of hydrogen-bond acceptors (Lipinski definition) is 2. The van der Waals surface area contributed by atoms with E-state index < -0.39 is 0 Å². The maximum atomic E-state index is 5.94. The quantitative estimate of drug-likeness (QED) is 0.724. The van der Waals surface area contributed by atoms with Gasteiger partial charge in [0.1, 0.15) is 0 Å². The van der Waals surface area contributed by atoms with Gasteiger partial charge in [0, 0.05) is 19.6 Å². The number of rotatable bonds is 6. The molecule has 0 saturated carbocycles. The summed E-state index contributed by atoms with van der Waals surface area (Å²) in [6.45, 7) is 5.15. The SMILES string of the molecule is CCOC(Cc1ccc(Cl)c(Cl)c1)OCC. The Balaban J connectivity index is 2.65. The fourth-order valence-electron chi connectivity index (χ4n) is 1.40. The minimum absolute atomic E-state index is 0.216. The number of hydrogen-bond donors (Lipinski definition) is 0. The van der Waals surface area contributed by atoms with Crippen LogP contribution in [0.4, 0.5) is 0 Å². The number of benzene rings is 1. The van der Waals surface area contributed by atoms with Crippen LogP contribution in [0.25, 0.3) is 0 Å². The molecule has 16 heavy (non-hydrogen) atoms. The van der Waals surface area contributed by atoms with Crippen LogP contribution in [0, 0.1) is 0 Å². The molecule has 0 bridgehead atoms. The molecule has 0 atom stereocenters. The second-order valence-electron chi connectivity index (χ2n) is 3.29. The van der Waals surface area contributed by atoms with Crippen LogP contribution < -0.4 is 0 Å². The van der Waals surface area contributed by atoms with Gasteiger partial charge in [0.25, 0.3) is 0 Å². The minimum Gasteiger partial charge on any atom is -0.353 e. The van der Waals surface area contributed by atoms with E-state index in [4.69, 9.17) is 32.7 Å². The van der Waals surface area contributed by atoms with E-state index in [0.29, 0.717) is 29.7 Å². The zero-order valence-corrected chi connectivity index (χ0v) is 11.0. The van der Waals surface area contributed by atoms with Crippen molar-refractivity contribution in [3.63, 3.8) is 0 Å². The Morgan fingerprint density at radius 1 is 1.06 bits per heavy atom. The van der Waals surface area contributed by atoms with Gasteiger partial charge in [-0.25, -0.2) is 0 Å². The van der Waals surface area contributed by atoms with Crippen molar-refractivity contribution in [2.75, 3.05) is 13.2 Å². The van der Waals surface area contributed by atoms with Gasteiger partial charge in [-0.3, -0.25) is 0 Å². The first-order valence-corrected chi connectivity index (χ1v) is 6.10. The third-order valence-corrected chi connectivity index (χ3v) is 2.83.